The maximum atomic E-state index is 11.4. The number of hydrogen-bond donors (Lipinski definition) is 3. The highest BCUT2D eigenvalue weighted by molar-refractivity contribution is 5.82. The van der Waals surface area contributed by atoms with E-state index in [9.17, 15) is 9.59 Å². The van der Waals surface area contributed by atoms with Crippen molar-refractivity contribution in [1.82, 2.24) is 5.32 Å². The zero-order valence-electron chi connectivity index (χ0n) is 9.03. The zero-order valence-corrected chi connectivity index (χ0v) is 9.03. The number of carboxylic acid groups (broad SMARTS) is 1. The predicted molar refractivity (Wildman–Crippen MR) is 54.3 cm³/mol. The number of rotatable bonds is 7. The summed E-state index contributed by atoms with van der Waals surface area (Å²) in [6.45, 7) is 1.92. The molecule has 0 saturated heterocycles. The van der Waals surface area contributed by atoms with Crippen molar-refractivity contribution >= 4 is 11.9 Å². The largest absolute Gasteiger partial charge is 0.481 e. The van der Waals surface area contributed by atoms with Crippen LogP contribution in [0.15, 0.2) is 0 Å². The van der Waals surface area contributed by atoms with E-state index in [0.717, 1.165) is 0 Å². The van der Waals surface area contributed by atoms with E-state index < -0.39 is 12.0 Å². The van der Waals surface area contributed by atoms with Crippen LogP contribution in [0.1, 0.15) is 19.8 Å². The molecule has 4 N–H and O–H groups in total. The standard InChI is InChI=1S/C9H18N2O4/c1-3-6(4-8(12)13)11-9(14)7(10)5-15-2/h6-7H,3-5,10H2,1-2H3,(H,11,14)(H,12,13). The zero-order chi connectivity index (χ0) is 11.8. The van der Waals surface area contributed by atoms with Gasteiger partial charge in [0.05, 0.1) is 13.0 Å². The molecule has 0 rings (SSSR count). The summed E-state index contributed by atoms with van der Waals surface area (Å²) >= 11 is 0. The Morgan fingerprint density at radius 3 is 2.53 bits per heavy atom. The molecule has 0 spiro atoms. The van der Waals surface area contributed by atoms with Gasteiger partial charge in [-0.3, -0.25) is 9.59 Å². The smallest absolute Gasteiger partial charge is 0.305 e. The van der Waals surface area contributed by atoms with E-state index in [1.165, 1.54) is 7.11 Å². The molecule has 0 heterocycles. The molecule has 15 heavy (non-hydrogen) atoms. The van der Waals surface area contributed by atoms with Crippen molar-refractivity contribution in [2.45, 2.75) is 31.8 Å². The number of hydrogen-bond acceptors (Lipinski definition) is 4. The van der Waals surface area contributed by atoms with Crippen molar-refractivity contribution in [3.63, 3.8) is 0 Å². The van der Waals surface area contributed by atoms with E-state index in [1.54, 1.807) is 6.92 Å². The van der Waals surface area contributed by atoms with E-state index >= 15 is 0 Å². The van der Waals surface area contributed by atoms with Crippen LogP contribution in [-0.2, 0) is 14.3 Å². The summed E-state index contributed by atoms with van der Waals surface area (Å²) in [5.74, 6) is -1.33. The molecule has 0 aliphatic heterocycles. The third-order valence-corrected chi connectivity index (χ3v) is 1.94. The number of nitrogens with one attached hydrogen (secondary N) is 1. The Labute approximate surface area is 88.8 Å². The van der Waals surface area contributed by atoms with E-state index in [0.29, 0.717) is 6.42 Å². The van der Waals surface area contributed by atoms with Crippen LogP contribution in [0.4, 0.5) is 0 Å². The minimum atomic E-state index is -0.942. The van der Waals surface area contributed by atoms with Gasteiger partial charge in [-0.25, -0.2) is 0 Å². The van der Waals surface area contributed by atoms with Crippen LogP contribution >= 0.6 is 0 Å². The molecule has 0 aromatic carbocycles. The van der Waals surface area contributed by atoms with Gasteiger partial charge in [-0.1, -0.05) is 6.92 Å². The average molecular weight is 218 g/mol. The van der Waals surface area contributed by atoms with Gasteiger partial charge in [0.25, 0.3) is 0 Å². The van der Waals surface area contributed by atoms with Crippen LogP contribution in [-0.4, -0.2) is 42.8 Å². The summed E-state index contributed by atoms with van der Waals surface area (Å²) in [6, 6.07) is -1.13. The highest BCUT2D eigenvalue weighted by Crippen LogP contribution is 1.98. The van der Waals surface area contributed by atoms with E-state index in [2.05, 4.69) is 5.32 Å². The molecule has 0 radical (unpaired) electrons. The molecule has 0 aromatic heterocycles. The van der Waals surface area contributed by atoms with Gasteiger partial charge in [-0.15, -0.1) is 0 Å². The molecule has 0 saturated carbocycles. The summed E-state index contributed by atoms with van der Waals surface area (Å²) in [6.07, 6.45) is 0.458. The second-order valence-electron chi connectivity index (χ2n) is 3.27. The third-order valence-electron chi connectivity index (χ3n) is 1.94. The fourth-order valence-electron chi connectivity index (χ4n) is 1.07. The first-order chi connectivity index (χ1) is 7.01. The number of aliphatic carboxylic acids is 1. The highest BCUT2D eigenvalue weighted by atomic mass is 16.5. The molecule has 0 aliphatic rings. The number of carbonyl (C=O) groups is 2. The SMILES string of the molecule is CCC(CC(=O)O)NC(=O)C(N)COC. The Bertz CT molecular complexity index is 220. The Morgan fingerprint density at radius 2 is 2.13 bits per heavy atom. The second kappa shape index (κ2) is 7.19. The van der Waals surface area contributed by atoms with Crippen LogP contribution in [0.25, 0.3) is 0 Å². The number of carbonyl (C=O) groups excluding carboxylic acids is 1. The molecule has 88 valence electrons. The summed E-state index contributed by atoms with van der Waals surface area (Å²) in [7, 11) is 1.45. The molecule has 2 unspecified atom stereocenters. The van der Waals surface area contributed by atoms with E-state index in [4.69, 9.17) is 15.6 Å². The molecule has 0 fully saturated rings. The highest BCUT2D eigenvalue weighted by Gasteiger charge is 2.18. The lowest BCUT2D eigenvalue weighted by atomic mass is 10.1. The predicted octanol–water partition coefficient (Wildman–Crippen LogP) is -0.670. The monoisotopic (exact) mass is 218 g/mol. The van der Waals surface area contributed by atoms with Crippen LogP contribution < -0.4 is 11.1 Å². The van der Waals surface area contributed by atoms with E-state index in [1.807, 2.05) is 0 Å². The molecule has 0 aromatic rings. The first-order valence-electron chi connectivity index (χ1n) is 4.77. The van der Waals surface area contributed by atoms with Crippen molar-refractivity contribution in [3.05, 3.63) is 0 Å². The average Bonchev–Trinajstić information content (AvgIpc) is 2.16. The number of nitrogens with two attached hydrogens (primary N) is 1. The second-order valence-corrected chi connectivity index (χ2v) is 3.27. The number of carboxylic acids is 1. The molecule has 6 heteroatoms. The Hall–Kier alpha value is -1.14. The molecular weight excluding hydrogens is 200 g/mol. The summed E-state index contributed by atoms with van der Waals surface area (Å²) < 4.78 is 4.72. The first-order valence-corrected chi connectivity index (χ1v) is 4.77. The topological polar surface area (TPSA) is 102 Å². The Balaban J connectivity index is 4.05. The van der Waals surface area contributed by atoms with Crippen molar-refractivity contribution in [3.8, 4) is 0 Å². The van der Waals surface area contributed by atoms with E-state index in [-0.39, 0.29) is 25.0 Å². The van der Waals surface area contributed by atoms with Gasteiger partial charge >= 0.3 is 5.97 Å². The molecule has 0 bridgehead atoms. The van der Waals surface area contributed by atoms with Crippen molar-refractivity contribution in [2.24, 2.45) is 5.73 Å². The van der Waals surface area contributed by atoms with Gasteiger partial charge in [0, 0.05) is 13.2 Å². The third kappa shape index (κ3) is 6.03. The fraction of sp³-hybridized carbons (Fsp3) is 0.778. The number of amides is 1. The first kappa shape index (κ1) is 13.9. The molecule has 1 amide bonds. The fourth-order valence-corrected chi connectivity index (χ4v) is 1.07. The molecule has 2 atom stereocenters. The summed E-state index contributed by atoms with van der Waals surface area (Å²) in [5, 5.41) is 11.1. The van der Waals surface area contributed by atoms with Crippen molar-refractivity contribution in [1.29, 1.82) is 0 Å². The van der Waals surface area contributed by atoms with Gasteiger partial charge in [-0.05, 0) is 6.42 Å². The molecular formula is C9H18N2O4. The lowest BCUT2D eigenvalue weighted by Crippen LogP contribution is -2.47. The molecule has 0 aliphatic carbocycles. The Kier molecular flexibility index (Phi) is 6.64. The lowest BCUT2D eigenvalue weighted by Gasteiger charge is -2.17. The van der Waals surface area contributed by atoms with Crippen LogP contribution in [0.5, 0.6) is 0 Å². The summed E-state index contributed by atoms with van der Waals surface area (Å²) in [4.78, 5) is 21.8. The normalized spacial score (nSPS) is 14.3. The van der Waals surface area contributed by atoms with Gasteiger partial charge in [0.2, 0.25) is 5.91 Å². The Morgan fingerprint density at radius 1 is 1.53 bits per heavy atom. The minimum absolute atomic E-state index is 0.0953. The van der Waals surface area contributed by atoms with Gasteiger partial charge < -0.3 is 20.9 Å². The van der Waals surface area contributed by atoms with Gasteiger partial charge in [0.1, 0.15) is 6.04 Å². The van der Waals surface area contributed by atoms with Crippen LogP contribution in [0.3, 0.4) is 0 Å². The van der Waals surface area contributed by atoms with Gasteiger partial charge in [-0.2, -0.15) is 0 Å². The van der Waals surface area contributed by atoms with Crippen molar-refractivity contribution < 1.29 is 19.4 Å². The minimum Gasteiger partial charge on any atom is -0.481 e. The maximum Gasteiger partial charge on any atom is 0.305 e. The summed E-state index contributed by atoms with van der Waals surface area (Å²) in [5.41, 5.74) is 5.48. The molecule has 6 nitrogen and oxygen atoms in total. The van der Waals surface area contributed by atoms with Crippen molar-refractivity contribution in [2.75, 3.05) is 13.7 Å². The maximum absolute atomic E-state index is 11.4. The van der Waals surface area contributed by atoms with Crippen LogP contribution in [0, 0.1) is 0 Å². The lowest BCUT2D eigenvalue weighted by molar-refractivity contribution is -0.137. The quantitative estimate of drug-likeness (QED) is 0.526. The number of methoxy groups -OCH3 is 1. The number of ether oxygens (including phenoxy) is 1. The van der Waals surface area contributed by atoms with Crippen LogP contribution in [0.2, 0.25) is 0 Å². The van der Waals surface area contributed by atoms with Gasteiger partial charge in [0.15, 0.2) is 0 Å².